The van der Waals surface area contributed by atoms with Crippen LogP contribution in [-0.2, 0) is 4.79 Å². The molecule has 2 atom stereocenters. The first kappa shape index (κ1) is 15.5. The molecule has 1 saturated heterocycles. The van der Waals surface area contributed by atoms with Crippen molar-refractivity contribution in [3.63, 3.8) is 0 Å². The van der Waals surface area contributed by atoms with Gasteiger partial charge in [-0.25, -0.2) is 8.78 Å². The minimum absolute atomic E-state index is 0.220. The normalized spacial score (nSPS) is 24.0. The van der Waals surface area contributed by atoms with E-state index in [1.165, 1.54) is 24.9 Å². The molecule has 3 rings (SSSR count). The maximum Gasteiger partial charge on any atom is 0.259 e. The Hall–Kier alpha value is -1.43. The highest BCUT2D eigenvalue weighted by Gasteiger charge is 2.54. The van der Waals surface area contributed by atoms with Crippen LogP contribution < -0.4 is 4.74 Å². The Balaban J connectivity index is 1.97. The summed E-state index contributed by atoms with van der Waals surface area (Å²) in [6.07, 6.45) is 3.42. The molecule has 2 aliphatic heterocycles. The smallest absolute Gasteiger partial charge is 0.259 e. The Bertz CT molecular complexity index is 630. The number of ether oxygens (including phenoxy) is 1. The quantitative estimate of drug-likeness (QED) is 0.834. The maximum atomic E-state index is 13.8. The second-order valence-electron chi connectivity index (χ2n) is 6.50. The van der Waals surface area contributed by atoms with Crippen LogP contribution in [0.5, 0.6) is 5.75 Å². The Morgan fingerprint density at radius 1 is 1.41 bits per heavy atom. The fourth-order valence-corrected chi connectivity index (χ4v) is 3.13. The standard InChI is InChI=1S/C15H17ClF2N2O2/c1-14(2,15(3,17)18)13(21)20-7-8-4-11(20)9-5-19-6-10(16)12(9)22-8/h5-6,8,11H,4,7H2,1-3H3/t8-,11-/m0/s1. The summed E-state index contributed by atoms with van der Waals surface area (Å²) < 4.78 is 33.4. The molecule has 0 aliphatic carbocycles. The minimum Gasteiger partial charge on any atom is -0.486 e. The molecule has 0 spiro atoms. The third kappa shape index (κ3) is 2.16. The summed E-state index contributed by atoms with van der Waals surface area (Å²) in [6.45, 7) is 3.61. The average Bonchev–Trinajstić information content (AvgIpc) is 2.76. The lowest BCUT2D eigenvalue weighted by Crippen LogP contribution is -2.49. The highest BCUT2D eigenvalue weighted by molar-refractivity contribution is 6.32. The molecule has 1 aromatic heterocycles. The summed E-state index contributed by atoms with van der Waals surface area (Å²) >= 11 is 6.08. The second kappa shape index (κ2) is 4.78. The molecule has 2 bridgehead atoms. The van der Waals surface area contributed by atoms with E-state index in [1.54, 1.807) is 6.20 Å². The Morgan fingerprint density at radius 3 is 2.73 bits per heavy atom. The van der Waals surface area contributed by atoms with Gasteiger partial charge in [0.05, 0.1) is 12.6 Å². The largest absolute Gasteiger partial charge is 0.486 e. The van der Waals surface area contributed by atoms with Crippen LogP contribution in [0.1, 0.15) is 38.8 Å². The van der Waals surface area contributed by atoms with E-state index < -0.39 is 17.2 Å². The molecule has 3 heterocycles. The van der Waals surface area contributed by atoms with E-state index in [9.17, 15) is 13.6 Å². The van der Waals surface area contributed by atoms with Crippen LogP contribution in [-0.4, -0.2) is 34.4 Å². The second-order valence-corrected chi connectivity index (χ2v) is 6.91. The topological polar surface area (TPSA) is 42.4 Å². The number of hydrogen-bond acceptors (Lipinski definition) is 3. The Morgan fingerprint density at radius 2 is 2.09 bits per heavy atom. The van der Waals surface area contributed by atoms with Crippen molar-refractivity contribution < 1.29 is 18.3 Å². The van der Waals surface area contributed by atoms with E-state index in [-0.39, 0.29) is 18.7 Å². The lowest BCUT2D eigenvalue weighted by atomic mass is 9.84. The Labute approximate surface area is 132 Å². The van der Waals surface area contributed by atoms with Gasteiger partial charge in [0.15, 0.2) is 0 Å². The first-order valence-electron chi connectivity index (χ1n) is 7.12. The molecule has 7 heteroatoms. The third-order valence-electron chi connectivity index (χ3n) is 4.68. The maximum absolute atomic E-state index is 13.8. The fourth-order valence-electron chi connectivity index (χ4n) is 2.92. The van der Waals surface area contributed by atoms with E-state index in [2.05, 4.69) is 4.98 Å². The fraction of sp³-hybridized carbons (Fsp3) is 0.600. The first-order chi connectivity index (χ1) is 10.1. The molecule has 4 nitrogen and oxygen atoms in total. The van der Waals surface area contributed by atoms with Gasteiger partial charge in [0.2, 0.25) is 5.91 Å². The molecule has 1 aromatic rings. The van der Waals surface area contributed by atoms with Gasteiger partial charge in [-0.2, -0.15) is 0 Å². The molecule has 2 aliphatic rings. The summed E-state index contributed by atoms with van der Waals surface area (Å²) in [5.74, 6) is -3.19. The van der Waals surface area contributed by atoms with Crippen LogP contribution in [0.15, 0.2) is 12.4 Å². The molecule has 1 fully saturated rings. The predicted molar refractivity (Wildman–Crippen MR) is 77.1 cm³/mol. The van der Waals surface area contributed by atoms with Crippen molar-refractivity contribution in [2.75, 3.05) is 6.54 Å². The molecule has 0 saturated carbocycles. The van der Waals surface area contributed by atoms with Crippen molar-refractivity contribution in [3.8, 4) is 5.75 Å². The highest BCUT2D eigenvalue weighted by Crippen LogP contribution is 2.48. The summed E-state index contributed by atoms with van der Waals surface area (Å²) in [7, 11) is 0. The number of fused-ring (bicyclic) bond motifs is 4. The predicted octanol–water partition coefficient (Wildman–Crippen LogP) is 3.45. The summed E-state index contributed by atoms with van der Waals surface area (Å²) in [5, 5.41) is 0.376. The van der Waals surface area contributed by atoms with Gasteiger partial charge >= 0.3 is 0 Å². The van der Waals surface area contributed by atoms with Gasteiger partial charge in [-0.05, 0) is 13.8 Å². The van der Waals surface area contributed by atoms with Gasteiger partial charge in [0, 0.05) is 31.3 Å². The number of rotatable bonds is 2. The van der Waals surface area contributed by atoms with Crippen molar-refractivity contribution in [1.82, 2.24) is 9.88 Å². The first-order valence-corrected chi connectivity index (χ1v) is 7.49. The molecule has 0 radical (unpaired) electrons. The van der Waals surface area contributed by atoms with E-state index in [1.807, 2.05) is 0 Å². The van der Waals surface area contributed by atoms with Crippen molar-refractivity contribution in [2.45, 2.75) is 45.3 Å². The SMILES string of the molecule is CC(F)(F)C(C)(C)C(=O)N1C[C@@H]2C[C@H]1c1cncc(Cl)c1O2. The monoisotopic (exact) mass is 330 g/mol. The van der Waals surface area contributed by atoms with Crippen LogP contribution in [0.4, 0.5) is 8.78 Å². The van der Waals surface area contributed by atoms with Gasteiger partial charge in [-0.3, -0.25) is 9.78 Å². The Kier molecular flexibility index (Phi) is 3.36. The summed E-state index contributed by atoms with van der Waals surface area (Å²) in [5.41, 5.74) is -1.10. The van der Waals surface area contributed by atoms with Crippen LogP contribution in [0.2, 0.25) is 5.02 Å². The number of carbonyl (C=O) groups is 1. The molecule has 22 heavy (non-hydrogen) atoms. The summed E-state index contributed by atoms with van der Waals surface area (Å²) in [4.78, 5) is 18.2. The van der Waals surface area contributed by atoms with E-state index in [0.29, 0.717) is 22.8 Å². The van der Waals surface area contributed by atoms with Crippen LogP contribution in [0.3, 0.4) is 0 Å². The van der Waals surface area contributed by atoms with Crippen molar-refractivity contribution in [1.29, 1.82) is 0 Å². The average molecular weight is 331 g/mol. The molecule has 0 unspecified atom stereocenters. The van der Waals surface area contributed by atoms with Crippen LogP contribution in [0.25, 0.3) is 0 Å². The number of likely N-dealkylation sites (tertiary alicyclic amines) is 1. The zero-order chi connectivity index (χ0) is 16.3. The molecule has 1 amide bonds. The number of hydrogen-bond donors (Lipinski definition) is 0. The molecule has 120 valence electrons. The molecular weight excluding hydrogens is 314 g/mol. The number of nitrogens with zero attached hydrogens (tertiary/aromatic N) is 2. The number of carbonyl (C=O) groups excluding carboxylic acids is 1. The molecule has 0 aromatic carbocycles. The summed E-state index contributed by atoms with van der Waals surface area (Å²) in [6, 6.07) is -0.311. The zero-order valence-corrected chi connectivity index (χ0v) is 13.3. The van der Waals surface area contributed by atoms with Crippen molar-refractivity contribution in [3.05, 3.63) is 23.0 Å². The van der Waals surface area contributed by atoms with Crippen molar-refractivity contribution >= 4 is 17.5 Å². The van der Waals surface area contributed by atoms with Gasteiger partial charge in [0.25, 0.3) is 5.92 Å². The number of aromatic nitrogens is 1. The van der Waals surface area contributed by atoms with Crippen molar-refractivity contribution in [2.24, 2.45) is 5.41 Å². The van der Waals surface area contributed by atoms with Crippen LogP contribution >= 0.6 is 11.6 Å². The number of halogens is 3. The van der Waals surface area contributed by atoms with Gasteiger partial charge < -0.3 is 9.64 Å². The van der Waals surface area contributed by atoms with Gasteiger partial charge in [-0.1, -0.05) is 11.6 Å². The van der Waals surface area contributed by atoms with E-state index in [0.717, 1.165) is 6.92 Å². The molecule has 0 N–H and O–H groups in total. The third-order valence-corrected chi connectivity index (χ3v) is 4.95. The lowest BCUT2D eigenvalue weighted by Gasteiger charge is -2.36. The number of amides is 1. The van der Waals surface area contributed by atoms with Gasteiger partial charge in [-0.15, -0.1) is 0 Å². The number of pyridine rings is 1. The van der Waals surface area contributed by atoms with Crippen LogP contribution in [0, 0.1) is 5.41 Å². The minimum atomic E-state index is -3.11. The lowest BCUT2D eigenvalue weighted by molar-refractivity contribution is -0.163. The van der Waals surface area contributed by atoms with E-state index in [4.69, 9.17) is 16.3 Å². The van der Waals surface area contributed by atoms with Gasteiger partial charge in [0.1, 0.15) is 22.3 Å². The zero-order valence-electron chi connectivity index (χ0n) is 12.6. The number of alkyl halides is 2. The van der Waals surface area contributed by atoms with E-state index >= 15 is 0 Å². The highest BCUT2D eigenvalue weighted by atomic mass is 35.5. The molecular formula is C15H17ClF2N2O2.